The molecule has 0 radical (unpaired) electrons. The Morgan fingerprint density at radius 2 is 2.38 bits per heavy atom. The molecule has 3 nitrogen and oxygen atoms in total. The van der Waals surface area contributed by atoms with Crippen molar-refractivity contribution in [1.82, 2.24) is 9.36 Å². The molecule has 68 valence electrons. The first kappa shape index (κ1) is 8.72. The Hall–Kier alpha value is -0.870. The minimum Gasteiger partial charge on any atom is -0.459 e. The van der Waals surface area contributed by atoms with Gasteiger partial charge in [-0.15, -0.1) is 0 Å². The van der Waals surface area contributed by atoms with E-state index in [0.717, 1.165) is 22.9 Å². The lowest BCUT2D eigenvalue weighted by molar-refractivity contribution is 0.529. The molecule has 0 spiro atoms. The first-order chi connectivity index (χ1) is 6.29. The van der Waals surface area contributed by atoms with Crippen LogP contribution < -0.4 is 0 Å². The summed E-state index contributed by atoms with van der Waals surface area (Å²) in [6, 6.07) is 3.82. The summed E-state index contributed by atoms with van der Waals surface area (Å²) >= 11 is 6.84. The van der Waals surface area contributed by atoms with Crippen LogP contribution in [0, 0.1) is 0 Å². The van der Waals surface area contributed by atoms with E-state index < -0.39 is 0 Å². The summed E-state index contributed by atoms with van der Waals surface area (Å²) in [7, 11) is 0. The molecule has 0 N–H and O–H groups in total. The van der Waals surface area contributed by atoms with Crippen LogP contribution in [-0.2, 0) is 6.42 Å². The number of hydrogen-bond donors (Lipinski definition) is 0. The van der Waals surface area contributed by atoms with Gasteiger partial charge in [0.2, 0.25) is 5.28 Å². The van der Waals surface area contributed by atoms with Crippen molar-refractivity contribution >= 4 is 23.1 Å². The van der Waals surface area contributed by atoms with Crippen molar-refractivity contribution in [3.8, 4) is 10.8 Å². The minimum atomic E-state index is 0.273. The Balaban J connectivity index is 2.35. The molecule has 2 heterocycles. The molecule has 0 saturated heterocycles. The van der Waals surface area contributed by atoms with Gasteiger partial charge in [-0.05, 0) is 35.3 Å². The maximum absolute atomic E-state index is 5.60. The van der Waals surface area contributed by atoms with E-state index in [4.69, 9.17) is 16.0 Å². The van der Waals surface area contributed by atoms with E-state index in [1.807, 2.05) is 19.1 Å². The minimum absolute atomic E-state index is 0.273. The van der Waals surface area contributed by atoms with Crippen molar-refractivity contribution in [2.45, 2.75) is 13.3 Å². The third-order valence-electron chi connectivity index (χ3n) is 1.62. The predicted octanol–water partition coefficient (Wildman–Crippen LogP) is 3.01. The number of rotatable bonds is 2. The predicted molar refractivity (Wildman–Crippen MR) is 52.0 cm³/mol. The lowest BCUT2D eigenvalue weighted by atomic mass is 10.4. The van der Waals surface area contributed by atoms with Gasteiger partial charge in [-0.25, -0.2) is 4.98 Å². The normalized spacial score (nSPS) is 10.6. The highest BCUT2D eigenvalue weighted by Crippen LogP contribution is 2.25. The summed E-state index contributed by atoms with van der Waals surface area (Å²) in [5.74, 6) is 1.68. The monoisotopic (exact) mass is 214 g/mol. The number of nitrogens with zero attached hydrogens (tertiary/aromatic N) is 2. The maximum Gasteiger partial charge on any atom is 0.234 e. The fourth-order valence-corrected chi connectivity index (χ4v) is 1.76. The van der Waals surface area contributed by atoms with Crippen molar-refractivity contribution in [1.29, 1.82) is 0 Å². The van der Waals surface area contributed by atoms with Gasteiger partial charge in [-0.3, -0.25) is 0 Å². The average molecular weight is 215 g/mol. The summed E-state index contributed by atoms with van der Waals surface area (Å²) in [5.41, 5.74) is 0. The molecule has 2 aromatic heterocycles. The summed E-state index contributed by atoms with van der Waals surface area (Å²) in [4.78, 5) is 4.01. The SMILES string of the molecule is CCc1ccc(-c2nc(Cl)ns2)o1. The second kappa shape index (κ2) is 3.47. The highest BCUT2D eigenvalue weighted by molar-refractivity contribution is 7.09. The fraction of sp³-hybridized carbons (Fsp3) is 0.250. The van der Waals surface area contributed by atoms with Crippen LogP contribution in [0.3, 0.4) is 0 Å². The van der Waals surface area contributed by atoms with Gasteiger partial charge >= 0.3 is 0 Å². The summed E-state index contributed by atoms with van der Waals surface area (Å²) < 4.78 is 9.35. The fourth-order valence-electron chi connectivity index (χ4n) is 0.988. The van der Waals surface area contributed by atoms with Crippen LogP contribution >= 0.6 is 23.1 Å². The van der Waals surface area contributed by atoms with Crippen molar-refractivity contribution < 1.29 is 4.42 Å². The molecular formula is C8H7ClN2OS. The zero-order chi connectivity index (χ0) is 9.26. The van der Waals surface area contributed by atoms with E-state index in [-0.39, 0.29) is 5.28 Å². The summed E-state index contributed by atoms with van der Waals surface area (Å²) in [5, 5.41) is 0.999. The van der Waals surface area contributed by atoms with E-state index in [2.05, 4.69) is 9.36 Å². The Bertz CT molecular complexity index is 410. The molecule has 2 aromatic rings. The van der Waals surface area contributed by atoms with E-state index in [9.17, 15) is 0 Å². The molecule has 0 atom stereocenters. The van der Waals surface area contributed by atoms with Crippen LogP contribution in [0.15, 0.2) is 16.5 Å². The van der Waals surface area contributed by atoms with Gasteiger partial charge < -0.3 is 4.42 Å². The largest absolute Gasteiger partial charge is 0.459 e. The molecule has 2 rings (SSSR count). The number of halogens is 1. The topological polar surface area (TPSA) is 38.9 Å². The van der Waals surface area contributed by atoms with Crippen LogP contribution in [0.1, 0.15) is 12.7 Å². The van der Waals surface area contributed by atoms with Gasteiger partial charge in [0, 0.05) is 6.42 Å². The highest BCUT2D eigenvalue weighted by Gasteiger charge is 2.08. The Labute approximate surface area is 84.5 Å². The second-order valence-corrected chi connectivity index (χ2v) is 3.58. The smallest absolute Gasteiger partial charge is 0.234 e. The van der Waals surface area contributed by atoms with E-state index >= 15 is 0 Å². The molecule has 0 fully saturated rings. The molecule has 0 aromatic carbocycles. The Morgan fingerprint density at radius 1 is 1.54 bits per heavy atom. The van der Waals surface area contributed by atoms with Gasteiger partial charge in [-0.2, -0.15) is 4.37 Å². The molecule has 0 unspecified atom stereocenters. The standard InChI is InChI=1S/C8H7ClN2OS/c1-2-5-3-4-6(12-5)7-10-8(9)11-13-7/h3-4H,2H2,1H3. The summed E-state index contributed by atoms with van der Waals surface area (Å²) in [6.45, 7) is 2.04. The van der Waals surface area contributed by atoms with Crippen molar-refractivity contribution in [3.63, 3.8) is 0 Å². The van der Waals surface area contributed by atoms with Gasteiger partial charge in [0.05, 0.1) is 0 Å². The molecule has 0 aliphatic heterocycles. The molecule has 13 heavy (non-hydrogen) atoms. The number of aromatic nitrogens is 2. The van der Waals surface area contributed by atoms with Crippen LogP contribution in [0.4, 0.5) is 0 Å². The third-order valence-corrected chi connectivity index (χ3v) is 2.62. The molecule has 5 heteroatoms. The molecule has 0 aliphatic rings. The summed E-state index contributed by atoms with van der Waals surface area (Å²) in [6.07, 6.45) is 0.881. The molecule has 0 aliphatic carbocycles. The zero-order valence-electron chi connectivity index (χ0n) is 6.95. The average Bonchev–Trinajstić information content (AvgIpc) is 2.71. The van der Waals surface area contributed by atoms with E-state index in [1.165, 1.54) is 11.5 Å². The van der Waals surface area contributed by atoms with Gasteiger partial charge in [-0.1, -0.05) is 6.92 Å². The second-order valence-electron chi connectivity index (χ2n) is 2.49. The van der Waals surface area contributed by atoms with E-state index in [0.29, 0.717) is 0 Å². The molecule has 0 saturated carbocycles. The molecule has 0 amide bonds. The Morgan fingerprint density at radius 3 is 2.92 bits per heavy atom. The third kappa shape index (κ3) is 1.73. The Kier molecular flexibility index (Phi) is 2.33. The van der Waals surface area contributed by atoms with Crippen molar-refractivity contribution in [2.75, 3.05) is 0 Å². The lowest BCUT2D eigenvalue weighted by Crippen LogP contribution is -1.71. The lowest BCUT2D eigenvalue weighted by Gasteiger charge is -1.87. The first-order valence-corrected chi connectivity index (χ1v) is 5.03. The number of aryl methyl sites for hydroxylation is 1. The van der Waals surface area contributed by atoms with Crippen molar-refractivity contribution in [2.24, 2.45) is 0 Å². The van der Waals surface area contributed by atoms with Crippen LogP contribution in [0.25, 0.3) is 10.8 Å². The molecule has 0 bridgehead atoms. The van der Waals surface area contributed by atoms with Gasteiger partial charge in [0.15, 0.2) is 10.8 Å². The molecular weight excluding hydrogens is 208 g/mol. The van der Waals surface area contributed by atoms with Gasteiger partial charge in [0.1, 0.15) is 5.76 Å². The van der Waals surface area contributed by atoms with E-state index in [1.54, 1.807) is 0 Å². The quantitative estimate of drug-likeness (QED) is 0.772. The van der Waals surface area contributed by atoms with Crippen LogP contribution in [0.5, 0.6) is 0 Å². The number of hydrogen-bond acceptors (Lipinski definition) is 4. The number of furan rings is 1. The highest BCUT2D eigenvalue weighted by atomic mass is 35.5. The zero-order valence-corrected chi connectivity index (χ0v) is 8.52. The van der Waals surface area contributed by atoms with Gasteiger partial charge in [0.25, 0.3) is 0 Å². The first-order valence-electron chi connectivity index (χ1n) is 3.88. The van der Waals surface area contributed by atoms with Crippen LogP contribution in [-0.4, -0.2) is 9.36 Å². The van der Waals surface area contributed by atoms with Crippen LogP contribution in [0.2, 0.25) is 5.28 Å². The van der Waals surface area contributed by atoms with Crippen molar-refractivity contribution in [3.05, 3.63) is 23.2 Å². The maximum atomic E-state index is 5.60.